The van der Waals surface area contributed by atoms with Gasteiger partial charge in [0.05, 0.1) is 6.26 Å². The predicted octanol–water partition coefficient (Wildman–Crippen LogP) is 4.41. The fraction of sp³-hybridized carbons (Fsp3) is 0.765. The monoisotopic (exact) mass is 263 g/mol. The maximum absolute atomic E-state index is 5.39. The molecule has 1 fully saturated rings. The van der Waals surface area contributed by atoms with Gasteiger partial charge in [0.1, 0.15) is 5.76 Å². The van der Waals surface area contributed by atoms with Crippen LogP contribution in [-0.4, -0.2) is 12.1 Å². The van der Waals surface area contributed by atoms with Gasteiger partial charge in [-0.25, -0.2) is 0 Å². The van der Waals surface area contributed by atoms with Crippen molar-refractivity contribution >= 4 is 0 Å². The summed E-state index contributed by atoms with van der Waals surface area (Å²) in [6.45, 7) is 9.51. The van der Waals surface area contributed by atoms with Gasteiger partial charge in [-0.05, 0) is 56.1 Å². The molecule has 1 saturated carbocycles. The first-order valence-corrected chi connectivity index (χ1v) is 7.75. The van der Waals surface area contributed by atoms with E-state index in [1.807, 2.05) is 6.07 Å². The largest absolute Gasteiger partial charge is 0.469 e. The third-order valence-corrected chi connectivity index (χ3v) is 4.60. The summed E-state index contributed by atoms with van der Waals surface area (Å²) in [7, 11) is 0. The number of rotatable bonds is 5. The van der Waals surface area contributed by atoms with E-state index in [1.54, 1.807) is 6.26 Å². The van der Waals surface area contributed by atoms with Gasteiger partial charge in [0.2, 0.25) is 0 Å². The lowest BCUT2D eigenvalue weighted by atomic mass is 9.70. The van der Waals surface area contributed by atoms with Gasteiger partial charge in [-0.1, -0.05) is 20.8 Å². The standard InChI is InChI=1S/C17H29NO/c1-13-12-17(3,4)10-9-16(13)18-14(2)7-8-15-6-5-11-19-15/h5-6,11,13-14,16,18H,7-10,12H2,1-4H3. The Balaban J connectivity index is 1.74. The minimum absolute atomic E-state index is 0.537. The first kappa shape index (κ1) is 14.6. The van der Waals surface area contributed by atoms with Crippen molar-refractivity contribution < 1.29 is 4.42 Å². The summed E-state index contributed by atoms with van der Waals surface area (Å²) in [5, 5.41) is 3.83. The maximum atomic E-state index is 5.39. The Labute approximate surface area is 118 Å². The van der Waals surface area contributed by atoms with Crippen LogP contribution in [0, 0.1) is 11.3 Å². The molecule has 0 amide bonds. The maximum Gasteiger partial charge on any atom is 0.103 e. The zero-order valence-electron chi connectivity index (χ0n) is 12.9. The van der Waals surface area contributed by atoms with Crippen LogP contribution in [0.1, 0.15) is 59.1 Å². The van der Waals surface area contributed by atoms with Gasteiger partial charge in [0.25, 0.3) is 0 Å². The number of furan rings is 1. The Morgan fingerprint density at radius 3 is 2.89 bits per heavy atom. The van der Waals surface area contributed by atoms with Crippen molar-refractivity contribution in [2.45, 2.75) is 71.9 Å². The van der Waals surface area contributed by atoms with Crippen molar-refractivity contribution in [1.82, 2.24) is 5.32 Å². The van der Waals surface area contributed by atoms with Gasteiger partial charge in [0.15, 0.2) is 0 Å². The first-order valence-electron chi connectivity index (χ1n) is 7.75. The lowest BCUT2D eigenvalue weighted by Gasteiger charge is -2.40. The van der Waals surface area contributed by atoms with Crippen LogP contribution < -0.4 is 5.32 Å². The van der Waals surface area contributed by atoms with Crippen molar-refractivity contribution in [2.24, 2.45) is 11.3 Å². The lowest BCUT2D eigenvalue weighted by Crippen LogP contribution is -2.45. The average molecular weight is 263 g/mol. The summed E-state index contributed by atoms with van der Waals surface area (Å²) < 4.78 is 5.39. The van der Waals surface area contributed by atoms with Crippen LogP contribution in [-0.2, 0) is 6.42 Å². The van der Waals surface area contributed by atoms with Gasteiger partial charge in [0, 0.05) is 18.5 Å². The molecule has 0 aromatic carbocycles. The van der Waals surface area contributed by atoms with Crippen molar-refractivity contribution in [3.8, 4) is 0 Å². The van der Waals surface area contributed by atoms with Crippen molar-refractivity contribution in [2.75, 3.05) is 0 Å². The summed E-state index contributed by atoms with van der Waals surface area (Å²) in [6, 6.07) is 5.30. The highest BCUT2D eigenvalue weighted by molar-refractivity contribution is 4.98. The zero-order chi connectivity index (χ0) is 13.9. The van der Waals surface area contributed by atoms with E-state index < -0.39 is 0 Å². The Morgan fingerprint density at radius 1 is 1.47 bits per heavy atom. The van der Waals surface area contributed by atoms with E-state index in [9.17, 15) is 0 Å². The molecule has 1 heterocycles. The predicted molar refractivity (Wildman–Crippen MR) is 80.2 cm³/mol. The quantitative estimate of drug-likeness (QED) is 0.851. The van der Waals surface area contributed by atoms with Crippen molar-refractivity contribution in [1.29, 1.82) is 0 Å². The molecule has 0 spiro atoms. The van der Waals surface area contributed by atoms with Gasteiger partial charge in [-0.3, -0.25) is 0 Å². The van der Waals surface area contributed by atoms with E-state index in [0.717, 1.165) is 24.5 Å². The number of hydrogen-bond donors (Lipinski definition) is 1. The van der Waals surface area contributed by atoms with E-state index in [2.05, 4.69) is 39.1 Å². The minimum Gasteiger partial charge on any atom is -0.469 e. The molecule has 1 aromatic rings. The summed E-state index contributed by atoms with van der Waals surface area (Å²) in [5.41, 5.74) is 0.537. The number of hydrogen-bond acceptors (Lipinski definition) is 2. The number of aryl methyl sites for hydroxylation is 1. The van der Waals surface area contributed by atoms with Gasteiger partial charge < -0.3 is 9.73 Å². The SMILES string of the molecule is CC(CCc1ccco1)NC1CCC(C)(C)CC1C. The molecule has 3 atom stereocenters. The molecule has 1 aliphatic rings. The lowest BCUT2D eigenvalue weighted by molar-refractivity contribution is 0.141. The van der Waals surface area contributed by atoms with Gasteiger partial charge in [-0.15, -0.1) is 0 Å². The first-order chi connectivity index (χ1) is 8.96. The Hall–Kier alpha value is -0.760. The third kappa shape index (κ3) is 4.38. The number of nitrogens with one attached hydrogen (secondary N) is 1. The topological polar surface area (TPSA) is 25.2 Å². The molecule has 1 aromatic heterocycles. The van der Waals surface area contributed by atoms with Crippen LogP contribution in [0.2, 0.25) is 0 Å². The smallest absolute Gasteiger partial charge is 0.103 e. The molecule has 2 heteroatoms. The van der Waals surface area contributed by atoms with Crippen molar-refractivity contribution in [3.63, 3.8) is 0 Å². The molecule has 1 aliphatic carbocycles. The molecule has 0 saturated heterocycles. The Morgan fingerprint density at radius 2 is 2.26 bits per heavy atom. The second-order valence-corrected chi connectivity index (χ2v) is 7.18. The molecule has 0 aliphatic heterocycles. The Bertz CT molecular complexity index is 369. The molecule has 2 rings (SSSR count). The highest BCUT2D eigenvalue weighted by Crippen LogP contribution is 2.38. The highest BCUT2D eigenvalue weighted by Gasteiger charge is 2.32. The van der Waals surface area contributed by atoms with Crippen LogP contribution in [0.3, 0.4) is 0 Å². The van der Waals surface area contributed by atoms with E-state index >= 15 is 0 Å². The van der Waals surface area contributed by atoms with Crippen LogP contribution in [0.15, 0.2) is 22.8 Å². The highest BCUT2D eigenvalue weighted by atomic mass is 16.3. The fourth-order valence-electron chi connectivity index (χ4n) is 3.46. The zero-order valence-corrected chi connectivity index (χ0v) is 12.9. The van der Waals surface area contributed by atoms with E-state index in [1.165, 1.54) is 19.3 Å². The second-order valence-electron chi connectivity index (χ2n) is 7.18. The fourth-order valence-corrected chi connectivity index (χ4v) is 3.46. The van der Waals surface area contributed by atoms with E-state index in [4.69, 9.17) is 4.42 Å². The molecule has 108 valence electrons. The molecular weight excluding hydrogens is 234 g/mol. The van der Waals surface area contributed by atoms with Gasteiger partial charge in [-0.2, -0.15) is 0 Å². The molecule has 1 N–H and O–H groups in total. The van der Waals surface area contributed by atoms with Crippen LogP contribution in [0.5, 0.6) is 0 Å². The molecule has 0 bridgehead atoms. The molecule has 0 radical (unpaired) electrons. The Kier molecular flexibility index (Phi) is 4.72. The molecule has 3 unspecified atom stereocenters. The second kappa shape index (κ2) is 6.13. The third-order valence-electron chi connectivity index (χ3n) is 4.60. The van der Waals surface area contributed by atoms with E-state index in [-0.39, 0.29) is 0 Å². The van der Waals surface area contributed by atoms with Crippen LogP contribution in [0.25, 0.3) is 0 Å². The van der Waals surface area contributed by atoms with E-state index in [0.29, 0.717) is 17.5 Å². The van der Waals surface area contributed by atoms with Crippen molar-refractivity contribution in [3.05, 3.63) is 24.2 Å². The summed E-state index contributed by atoms with van der Waals surface area (Å²) in [5.74, 6) is 1.89. The minimum atomic E-state index is 0.537. The molecule has 19 heavy (non-hydrogen) atoms. The van der Waals surface area contributed by atoms with Crippen LogP contribution >= 0.6 is 0 Å². The van der Waals surface area contributed by atoms with Gasteiger partial charge >= 0.3 is 0 Å². The molecule has 2 nitrogen and oxygen atoms in total. The van der Waals surface area contributed by atoms with Crippen LogP contribution in [0.4, 0.5) is 0 Å². The normalized spacial score (nSPS) is 28.2. The molecular formula is C17H29NO. The summed E-state index contributed by atoms with van der Waals surface area (Å²) in [6.07, 6.45) is 7.96. The summed E-state index contributed by atoms with van der Waals surface area (Å²) in [4.78, 5) is 0. The summed E-state index contributed by atoms with van der Waals surface area (Å²) >= 11 is 0. The average Bonchev–Trinajstić information content (AvgIpc) is 2.83.